The van der Waals surface area contributed by atoms with Crippen molar-refractivity contribution in [3.8, 4) is 0 Å². The van der Waals surface area contributed by atoms with Gasteiger partial charge in [-0.1, -0.05) is 52.1 Å². The highest BCUT2D eigenvalue weighted by Crippen LogP contribution is 2.42. The van der Waals surface area contributed by atoms with Crippen LogP contribution in [0.1, 0.15) is 58.8 Å². The van der Waals surface area contributed by atoms with Crippen LogP contribution in [0.4, 0.5) is 0 Å². The van der Waals surface area contributed by atoms with Crippen molar-refractivity contribution in [2.45, 2.75) is 58.8 Å². The molecular formula is C18H32Br2O8. The molecule has 10 heteroatoms. The minimum atomic E-state index is -0.765. The number of rotatable bonds is 8. The number of ether oxygens (including phenoxy) is 2. The van der Waals surface area contributed by atoms with Crippen molar-refractivity contribution < 1.29 is 38.9 Å². The first kappa shape index (κ1) is 31.5. The summed E-state index contributed by atoms with van der Waals surface area (Å²) in [6, 6.07) is 0. The predicted octanol–water partition coefficient (Wildman–Crippen LogP) is 4.02. The van der Waals surface area contributed by atoms with Gasteiger partial charge >= 0.3 is 23.9 Å². The van der Waals surface area contributed by atoms with Gasteiger partial charge in [-0.15, -0.1) is 0 Å². The molecule has 0 radical (unpaired) electrons. The van der Waals surface area contributed by atoms with Gasteiger partial charge in [0.2, 0.25) is 0 Å². The van der Waals surface area contributed by atoms with Gasteiger partial charge < -0.3 is 19.7 Å². The average molecular weight is 536 g/mol. The number of hydrogen-bond acceptors (Lipinski definition) is 6. The van der Waals surface area contributed by atoms with Gasteiger partial charge in [0.05, 0.1) is 32.5 Å². The monoisotopic (exact) mass is 534 g/mol. The fourth-order valence-corrected chi connectivity index (χ4v) is 2.99. The van der Waals surface area contributed by atoms with E-state index in [0.29, 0.717) is 36.3 Å². The Morgan fingerprint density at radius 2 is 1.29 bits per heavy atom. The molecule has 0 saturated heterocycles. The number of alkyl halides is 2. The summed E-state index contributed by atoms with van der Waals surface area (Å²) in [5.74, 6) is -2.01. The second-order valence-corrected chi connectivity index (χ2v) is 7.30. The van der Waals surface area contributed by atoms with Gasteiger partial charge in [0.15, 0.2) is 0 Å². The maximum Gasteiger partial charge on any atom is 0.309 e. The average Bonchev–Trinajstić information content (AvgIpc) is 3.11. The second-order valence-electron chi connectivity index (χ2n) is 5.72. The van der Waals surface area contributed by atoms with Crippen LogP contribution in [0.25, 0.3) is 0 Å². The molecule has 8 nitrogen and oxygen atoms in total. The Bertz CT molecular complexity index is 463. The summed E-state index contributed by atoms with van der Waals surface area (Å²) in [6.07, 6.45) is 4.58. The minimum Gasteiger partial charge on any atom is -0.481 e. The van der Waals surface area contributed by atoms with Crippen LogP contribution in [-0.2, 0) is 28.7 Å². The Labute approximate surface area is 183 Å². The number of halogens is 2. The van der Waals surface area contributed by atoms with E-state index in [0.717, 1.165) is 12.8 Å². The molecule has 0 amide bonds. The Morgan fingerprint density at radius 3 is 1.54 bits per heavy atom. The maximum atomic E-state index is 11.1. The van der Waals surface area contributed by atoms with E-state index in [1.54, 1.807) is 0 Å². The van der Waals surface area contributed by atoms with Crippen molar-refractivity contribution in [1.29, 1.82) is 0 Å². The molecule has 0 aliphatic heterocycles. The number of carbonyl (C=O) groups is 4. The van der Waals surface area contributed by atoms with Crippen LogP contribution in [0.15, 0.2) is 0 Å². The molecule has 0 heterocycles. The van der Waals surface area contributed by atoms with Crippen molar-refractivity contribution in [3.63, 3.8) is 0 Å². The molecule has 0 spiro atoms. The van der Waals surface area contributed by atoms with Gasteiger partial charge in [-0.25, -0.2) is 0 Å². The maximum absolute atomic E-state index is 11.1. The van der Waals surface area contributed by atoms with Gasteiger partial charge in [-0.3, -0.25) is 19.2 Å². The van der Waals surface area contributed by atoms with E-state index in [2.05, 4.69) is 41.3 Å². The molecule has 1 fully saturated rings. The van der Waals surface area contributed by atoms with E-state index in [-0.39, 0.29) is 32.2 Å². The molecule has 28 heavy (non-hydrogen) atoms. The Kier molecular flexibility index (Phi) is 21.6. The molecule has 0 bridgehead atoms. The van der Waals surface area contributed by atoms with E-state index in [9.17, 15) is 19.2 Å². The van der Waals surface area contributed by atoms with Crippen molar-refractivity contribution in [2.24, 2.45) is 5.41 Å². The van der Waals surface area contributed by atoms with Crippen LogP contribution in [0.2, 0.25) is 0 Å². The smallest absolute Gasteiger partial charge is 0.309 e. The van der Waals surface area contributed by atoms with Gasteiger partial charge in [0.1, 0.15) is 0 Å². The summed E-state index contributed by atoms with van der Waals surface area (Å²) in [5, 5.41) is 18.2. The van der Waals surface area contributed by atoms with Crippen LogP contribution >= 0.6 is 31.9 Å². The lowest BCUT2D eigenvalue weighted by atomic mass is 9.82. The number of methoxy groups -OCH3 is 2. The summed E-state index contributed by atoms with van der Waals surface area (Å²) in [6.45, 7) is 0. The third-order valence-electron chi connectivity index (χ3n) is 3.88. The van der Waals surface area contributed by atoms with Gasteiger partial charge in [-0.05, 0) is 19.3 Å². The van der Waals surface area contributed by atoms with Gasteiger partial charge in [0.25, 0.3) is 0 Å². The Balaban J connectivity index is -0.000000378. The molecule has 1 rings (SSSR count). The van der Waals surface area contributed by atoms with Crippen molar-refractivity contribution in [2.75, 3.05) is 24.9 Å². The molecule has 0 aromatic carbocycles. The van der Waals surface area contributed by atoms with E-state index in [4.69, 9.17) is 10.2 Å². The summed E-state index contributed by atoms with van der Waals surface area (Å²) in [7, 11) is 2.70. The minimum absolute atomic E-state index is 0. The molecule has 0 unspecified atom stereocenters. The number of hydrogen-bond donors (Lipinski definition) is 2. The van der Waals surface area contributed by atoms with Crippen molar-refractivity contribution in [3.05, 3.63) is 0 Å². The normalized spacial score (nSPS) is 13.4. The lowest BCUT2D eigenvalue weighted by Crippen LogP contribution is -2.28. The molecule has 0 aromatic rings. The summed E-state index contributed by atoms with van der Waals surface area (Å²) in [5.41, 5.74) is -0.659. The first-order chi connectivity index (χ1) is 12.7. The molecule has 1 aliphatic carbocycles. The first-order valence-electron chi connectivity index (χ1n) is 8.39. The third-order valence-corrected chi connectivity index (χ3v) is 4.68. The van der Waals surface area contributed by atoms with E-state index >= 15 is 0 Å². The van der Waals surface area contributed by atoms with Crippen LogP contribution in [0.3, 0.4) is 0 Å². The van der Waals surface area contributed by atoms with Gasteiger partial charge in [-0.2, -0.15) is 0 Å². The summed E-state index contributed by atoms with van der Waals surface area (Å²) in [4.78, 5) is 41.7. The van der Waals surface area contributed by atoms with Crippen molar-refractivity contribution >= 4 is 55.7 Å². The molecule has 166 valence electrons. The zero-order chi connectivity index (χ0) is 21.3. The zero-order valence-corrected chi connectivity index (χ0v) is 18.8. The quantitative estimate of drug-likeness (QED) is 0.352. The SMILES string of the molecule is C.COC(=O)CCBr.COC(=O)CCC1(C(=O)O)CCCC1.O=C(O)CCBr. The second kappa shape index (κ2) is 19.2. The summed E-state index contributed by atoms with van der Waals surface area (Å²) < 4.78 is 8.82. The predicted molar refractivity (Wildman–Crippen MR) is 113 cm³/mol. The number of carboxylic acid groups (broad SMARTS) is 2. The fraction of sp³-hybridized carbons (Fsp3) is 0.778. The number of esters is 2. The highest BCUT2D eigenvalue weighted by Gasteiger charge is 2.41. The van der Waals surface area contributed by atoms with Crippen LogP contribution in [0.5, 0.6) is 0 Å². The molecule has 0 aromatic heterocycles. The van der Waals surface area contributed by atoms with E-state index < -0.39 is 17.4 Å². The molecular weight excluding hydrogens is 504 g/mol. The first-order valence-corrected chi connectivity index (χ1v) is 10.6. The standard InChI is InChI=1S/C10H16O4.C4H7BrO2.C3H5BrO2.CH4/c1-14-8(11)4-7-10(9(12)13)5-2-3-6-10;1-7-4(6)2-3-5;4-2-1-3(5)6;/h2-7H2,1H3,(H,12,13);2-3H2,1H3;1-2H2,(H,5,6);1H4. The molecule has 2 N–H and O–H groups in total. The van der Waals surface area contributed by atoms with Crippen LogP contribution in [0, 0.1) is 5.41 Å². The topological polar surface area (TPSA) is 127 Å². The zero-order valence-electron chi connectivity index (χ0n) is 15.7. The molecule has 1 aliphatic rings. The largest absolute Gasteiger partial charge is 0.481 e. The van der Waals surface area contributed by atoms with Crippen molar-refractivity contribution in [1.82, 2.24) is 0 Å². The highest BCUT2D eigenvalue weighted by atomic mass is 79.9. The Hall–Kier alpha value is -1.16. The number of aliphatic carboxylic acids is 2. The highest BCUT2D eigenvalue weighted by molar-refractivity contribution is 9.09. The molecule has 1 saturated carbocycles. The number of carbonyl (C=O) groups excluding carboxylic acids is 2. The van der Waals surface area contributed by atoms with Crippen LogP contribution in [-0.4, -0.2) is 59.0 Å². The fourth-order valence-electron chi connectivity index (χ4n) is 2.33. The Morgan fingerprint density at radius 1 is 0.857 bits per heavy atom. The number of carboxylic acids is 2. The van der Waals surface area contributed by atoms with E-state index in [1.165, 1.54) is 14.2 Å². The van der Waals surface area contributed by atoms with Gasteiger partial charge in [0, 0.05) is 17.1 Å². The summed E-state index contributed by atoms with van der Waals surface area (Å²) >= 11 is 6.06. The lowest BCUT2D eigenvalue weighted by Gasteiger charge is -2.22. The third kappa shape index (κ3) is 15.9. The van der Waals surface area contributed by atoms with Crippen LogP contribution < -0.4 is 0 Å². The van der Waals surface area contributed by atoms with E-state index in [1.807, 2.05) is 0 Å². The molecule has 0 atom stereocenters. The lowest BCUT2D eigenvalue weighted by molar-refractivity contribution is -0.150.